The van der Waals surface area contributed by atoms with Crippen molar-refractivity contribution in [3.63, 3.8) is 0 Å². The Morgan fingerprint density at radius 1 is 1.12 bits per heavy atom. The predicted molar refractivity (Wildman–Crippen MR) is 123 cm³/mol. The number of amides is 2. The molecule has 1 saturated heterocycles. The maximum absolute atomic E-state index is 12.7. The molecule has 172 valence electrons. The zero-order valence-corrected chi connectivity index (χ0v) is 19.2. The fourth-order valence-corrected chi connectivity index (χ4v) is 4.59. The van der Waals surface area contributed by atoms with Crippen LogP contribution in [0.25, 0.3) is 0 Å². The highest BCUT2D eigenvalue weighted by Crippen LogP contribution is 2.26. The number of carbonyl (C=O) groups excluding carboxylic acids is 2. The summed E-state index contributed by atoms with van der Waals surface area (Å²) in [5.41, 5.74) is 2.45. The molecule has 2 aromatic rings. The summed E-state index contributed by atoms with van der Waals surface area (Å²) in [6.07, 6.45) is 1.63. The number of nitrogens with zero attached hydrogens (tertiary/aromatic N) is 1. The van der Waals surface area contributed by atoms with Gasteiger partial charge in [-0.1, -0.05) is 19.1 Å². The highest BCUT2D eigenvalue weighted by molar-refractivity contribution is 7.89. The zero-order valence-electron chi connectivity index (χ0n) is 18.3. The highest BCUT2D eigenvalue weighted by atomic mass is 32.2. The van der Waals surface area contributed by atoms with Gasteiger partial charge in [-0.05, 0) is 54.8 Å². The van der Waals surface area contributed by atoms with Gasteiger partial charge < -0.3 is 15.0 Å². The van der Waals surface area contributed by atoms with Crippen LogP contribution in [0.4, 0.5) is 11.4 Å². The summed E-state index contributed by atoms with van der Waals surface area (Å²) in [4.78, 5) is 26.9. The van der Waals surface area contributed by atoms with Crippen LogP contribution in [0.2, 0.25) is 0 Å². The molecule has 0 saturated carbocycles. The van der Waals surface area contributed by atoms with Crippen LogP contribution in [-0.4, -0.2) is 47.0 Å². The molecule has 32 heavy (non-hydrogen) atoms. The van der Waals surface area contributed by atoms with E-state index in [0.717, 1.165) is 12.1 Å². The number of aryl methyl sites for hydroxylation is 1. The number of carbonyl (C=O) groups is 2. The van der Waals surface area contributed by atoms with E-state index in [0.29, 0.717) is 25.3 Å². The van der Waals surface area contributed by atoms with Crippen molar-refractivity contribution in [1.29, 1.82) is 0 Å². The second kappa shape index (κ2) is 10.7. The third-order valence-corrected chi connectivity index (χ3v) is 6.88. The van der Waals surface area contributed by atoms with Gasteiger partial charge in [-0.3, -0.25) is 9.59 Å². The van der Waals surface area contributed by atoms with Gasteiger partial charge in [0.15, 0.2) is 0 Å². The third kappa shape index (κ3) is 5.93. The fourth-order valence-electron chi connectivity index (χ4n) is 3.51. The van der Waals surface area contributed by atoms with Crippen molar-refractivity contribution in [3.8, 4) is 0 Å². The average molecular weight is 460 g/mol. The first-order valence-electron chi connectivity index (χ1n) is 10.6. The van der Waals surface area contributed by atoms with E-state index in [1.165, 1.54) is 17.7 Å². The lowest BCUT2D eigenvalue weighted by atomic mass is 10.1. The van der Waals surface area contributed by atoms with Gasteiger partial charge in [0.25, 0.3) is 0 Å². The van der Waals surface area contributed by atoms with Gasteiger partial charge >= 0.3 is 0 Å². The molecule has 2 N–H and O–H groups in total. The lowest BCUT2D eigenvalue weighted by molar-refractivity contribution is -0.122. The first kappa shape index (κ1) is 23.9. The Hall–Kier alpha value is -2.75. The molecule has 2 aromatic carbocycles. The van der Waals surface area contributed by atoms with Crippen LogP contribution in [0.5, 0.6) is 0 Å². The number of nitrogens with one attached hydrogen (secondary N) is 2. The molecule has 0 bridgehead atoms. The van der Waals surface area contributed by atoms with E-state index in [1.54, 1.807) is 24.1 Å². The Morgan fingerprint density at radius 2 is 1.81 bits per heavy atom. The molecule has 1 aliphatic heterocycles. The number of benzene rings is 2. The molecule has 1 aliphatic rings. The minimum Gasteiger partial charge on any atom is -0.385 e. The minimum atomic E-state index is -3.62. The Bertz CT molecular complexity index is 1040. The molecule has 0 aromatic heterocycles. The molecule has 0 radical (unpaired) electrons. The summed E-state index contributed by atoms with van der Waals surface area (Å²) in [6.45, 7) is 3.13. The first-order chi connectivity index (χ1) is 15.3. The quantitative estimate of drug-likeness (QED) is 0.532. The van der Waals surface area contributed by atoms with Crippen molar-refractivity contribution >= 4 is 33.2 Å². The van der Waals surface area contributed by atoms with Gasteiger partial charge in [0.05, 0.1) is 10.8 Å². The van der Waals surface area contributed by atoms with Crippen molar-refractivity contribution < 1.29 is 22.7 Å². The normalized spacial score (nSPS) is 16.4. The van der Waals surface area contributed by atoms with Gasteiger partial charge in [-0.15, -0.1) is 0 Å². The molecule has 9 heteroatoms. The van der Waals surface area contributed by atoms with Gasteiger partial charge in [0.1, 0.15) is 0 Å². The number of methoxy groups -OCH3 is 1. The van der Waals surface area contributed by atoms with Crippen LogP contribution >= 0.6 is 0 Å². The molecule has 1 atom stereocenters. The maximum Gasteiger partial charge on any atom is 0.240 e. The summed E-state index contributed by atoms with van der Waals surface area (Å²) in [7, 11) is -2.06. The number of hydrogen-bond donors (Lipinski definition) is 2. The lowest BCUT2D eigenvalue weighted by Crippen LogP contribution is -2.28. The van der Waals surface area contributed by atoms with E-state index in [2.05, 4.69) is 17.0 Å². The van der Waals surface area contributed by atoms with E-state index < -0.39 is 15.9 Å². The molecule has 1 heterocycles. The Morgan fingerprint density at radius 3 is 2.44 bits per heavy atom. The van der Waals surface area contributed by atoms with Crippen LogP contribution in [0.15, 0.2) is 53.4 Å². The van der Waals surface area contributed by atoms with Gasteiger partial charge in [0.2, 0.25) is 21.8 Å². The second-order valence-electron chi connectivity index (χ2n) is 7.68. The monoisotopic (exact) mass is 459 g/mol. The summed E-state index contributed by atoms with van der Waals surface area (Å²) in [6, 6.07) is 13.7. The van der Waals surface area contributed by atoms with Crippen LogP contribution in [0, 0.1) is 5.92 Å². The lowest BCUT2D eigenvalue weighted by Gasteiger charge is -2.17. The van der Waals surface area contributed by atoms with Crippen LogP contribution in [-0.2, 0) is 30.8 Å². The van der Waals surface area contributed by atoms with Gasteiger partial charge in [-0.2, -0.15) is 0 Å². The largest absolute Gasteiger partial charge is 0.385 e. The van der Waals surface area contributed by atoms with E-state index in [9.17, 15) is 18.0 Å². The number of ether oxygens (including phenoxy) is 1. The summed E-state index contributed by atoms with van der Waals surface area (Å²) in [5, 5.41) is 2.78. The summed E-state index contributed by atoms with van der Waals surface area (Å²) in [5.74, 6) is -0.825. The number of rotatable bonds is 10. The molecule has 1 fully saturated rings. The Kier molecular flexibility index (Phi) is 8.00. The molecule has 0 aliphatic carbocycles. The van der Waals surface area contributed by atoms with Crippen molar-refractivity contribution in [2.75, 3.05) is 37.0 Å². The van der Waals surface area contributed by atoms with E-state index in [-0.39, 0.29) is 29.7 Å². The molecular formula is C23H29N3O5S. The van der Waals surface area contributed by atoms with Crippen molar-refractivity contribution in [2.24, 2.45) is 5.92 Å². The number of hydrogen-bond acceptors (Lipinski definition) is 5. The topological polar surface area (TPSA) is 105 Å². The van der Waals surface area contributed by atoms with Gasteiger partial charge in [-0.25, -0.2) is 13.1 Å². The van der Waals surface area contributed by atoms with E-state index in [4.69, 9.17) is 4.74 Å². The van der Waals surface area contributed by atoms with Crippen LogP contribution in [0.3, 0.4) is 0 Å². The van der Waals surface area contributed by atoms with Crippen molar-refractivity contribution in [3.05, 3.63) is 54.1 Å². The highest BCUT2D eigenvalue weighted by Gasteiger charge is 2.35. The predicted octanol–water partition coefficient (Wildman–Crippen LogP) is 2.56. The Labute approximate surface area is 189 Å². The molecule has 0 spiro atoms. The van der Waals surface area contributed by atoms with Crippen LogP contribution < -0.4 is 14.9 Å². The van der Waals surface area contributed by atoms with Crippen LogP contribution in [0.1, 0.15) is 25.3 Å². The molecular weight excluding hydrogens is 430 g/mol. The Balaban J connectivity index is 1.58. The third-order valence-electron chi connectivity index (χ3n) is 5.40. The molecule has 3 rings (SSSR count). The number of anilines is 2. The molecule has 2 amide bonds. The second-order valence-corrected chi connectivity index (χ2v) is 9.45. The van der Waals surface area contributed by atoms with Crippen molar-refractivity contribution in [2.45, 2.75) is 31.1 Å². The maximum atomic E-state index is 12.7. The minimum absolute atomic E-state index is 0.0876. The van der Waals surface area contributed by atoms with E-state index >= 15 is 0 Å². The smallest absolute Gasteiger partial charge is 0.240 e. The first-order valence-corrected chi connectivity index (χ1v) is 12.1. The van der Waals surface area contributed by atoms with E-state index in [1.807, 2.05) is 24.3 Å². The molecule has 1 unspecified atom stereocenters. The summed E-state index contributed by atoms with van der Waals surface area (Å²) >= 11 is 0. The summed E-state index contributed by atoms with van der Waals surface area (Å²) < 4.78 is 32.0. The van der Waals surface area contributed by atoms with Crippen molar-refractivity contribution in [1.82, 2.24) is 4.72 Å². The molecule has 8 nitrogen and oxygen atoms in total. The van der Waals surface area contributed by atoms with Gasteiger partial charge in [0, 0.05) is 44.6 Å². The number of sulfonamides is 1. The standard InChI is InChI=1S/C23H29N3O5S/c1-3-17-5-9-20(10-6-17)26-16-18(15-22(26)27)23(28)25-19-7-11-21(12-8-19)32(29,30)24-13-4-14-31-2/h5-12,18,24H,3-4,13-16H2,1-2H3,(H,25,28). The fraction of sp³-hybridized carbons (Fsp3) is 0.391. The SMILES string of the molecule is CCc1ccc(N2CC(C(=O)Nc3ccc(S(=O)(=O)NCCCOC)cc3)CC2=O)cc1. The average Bonchev–Trinajstić information content (AvgIpc) is 3.19. The zero-order chi connectivity index (χ0) is 23.1.